The van der Waals surface area contributed by atoms with Crippen LogP contribution in [-0.4, -0.2) is 16.6 Å². The molecule has 30 heavy (non-hydrogen) atoms. The van der Waals surface area contributed by atoms with Gasteiger partial charge in [-0.2, -0.15) is 5.26 Å². The number of nitriles is 1. The molecule has 0 radical (unpaired) electrons. The topological polar surface area (TPSA) is 57.0 Å². The van der Waals surface area contributed by atoms with Crippen LogP contribution < -0.4 is 4.90 Å². The standard InChI is InChI=1S/C25H23N3OS/c1-17-15-18(2)27-25(21(17)16-26)30-14-13-24(29)28-22-9-5-3-7-19(22)11-12-20-8-4-6-10-23(20)28/h3-10,15H,11-14H2,1-2H3. The van der Waals surface area contributed by atoms with Gasteiger partial charge < -0.3 is 0 Å². The van der Waals surface area contributed by atoms with Crippen LogP contribution in [0, 0.1) is 25.2 Å². The summed E-state index contributed by atoms with van der Waals surface area (Å²) in [5.41, 5.74) is 6.74. The summed E-state index contributed by atoms with van der Waals surface area (Å²) in [6.45, 7) is 3.85. The molecular formula is C25H23N3OS. The van der Waals surface area contributed by atoms with Crippen molar-refractivity contribution in [1.29, 1.82) is 5.26 Å². The van der Waals surface area contributed by atoms with Crippen molar-refractivity contribution in [2.75, 3.05) is 10.7 Å². The Balaban J connectivity index is 1.58. The van der Waals surface area contributed by atoms with Crippen molar-refractivity contribution < 1.29 is 4.79 Å². The molecule has 2 heterocycles. The Morgan fingerprint density at radius 2 is 1.67 bits per heavy atom. The van der Waals surface area contributed by atoms with E-state index in [1.54, 1.807) is 0 Å². The summed E-state index contributed by atoms with van der Waals surface area (Å²) in [7, 11) is 0. The molecule has 1 aliphatic heterocycles. The molecule has 3 aromatic rings. The summed E-state index contributed by atoms with van der Waals surface area (Å²) in [6.07, 6.45) is 2.21. The van der Waals surface area contributed by atoms with Crippen LogP contribution in [0.4, 0.5) is 11.4 Å². The molecule has 1 aliphatic rings. The third kappa shape index (κ3) is 3.96. The highest BCUT2D eigenvalue weighted by Crippen LogP contribution is 2.36. The molecule has 0 unspecified atom stereocenters. The lowest BCUT2D eigenvalue weighted by Gasteiger charge is -2.25. The molecule has 0 fully saturated rings. The lowest BCUT2D eigenvalue weighted by molar-refractivity contribution is -0.117. The number of nitrogens with zero attached hydrogens (tertiary/aromatic N) is 3. The summed E-state index contributed by atoms with van der Waals surface area (Å²) < 4.78 is 0. The minimum absolute atomic E-state index is 0.0622. The van der Waals surface area contributed by atoms with E-state index in [1.165, 1.54) is 22.9 Å². The summed E-state index contributed by atoms with van der Waals surface area (Å²) in [6, 6.07) is 20.5. The van der Waals surface area contributed by atoms with Crippen molar-refractivity contribution in [3.8, 4) is 6.07 Å². The Morgan fingerprint density at radius 3 is 2.27 bits per heavy atom. The van der Waals surface area contributed by atoms with Crippen molar-refractivity contribution in [2.24, 2.45) is 0 Å². The average Bonchev–Trinajstić information content (AvgIpc) is 2.90. The number of benzene rings is 2. The molecule has 4 nitrogen and oxygen atoms in total. The molecule has 0 aliphatic carbocycles. The number of anilines is 2. The Labute approximate surface area is 181 Å². The number of fused-ring (bicyclic) bond motifs is 2. The highest BCUT2D eigenvalue weighted by molar-refractivity contribution is 7.99. The molecule has 0 saturated heterocycles. The highest BCUT2D eigenvalue weighted by Gasteiger charge is 2.25. The second-order valence-corrected chi connectivity index (χ2v) is 8.54. The molecular weight excluding hydrogens is 390 g/mol. The Kier molecular flexibility index (Phi) is 5.87. The van der Waals surface area contributed by atoms with Crippen molar-refractivity contribution in [3.05, 3.63) is 82.5 Å². The number of amides is 1. The van der Waals surface area contributed by atoms with E-state index in [4.69, 9.17) is 0 Å². The molecule has 0 spiro atoms. The van der Waals surface area contributed by atoms with Crippen LogP contribution in [0.25, 0.3) is 0 Å². The van der Waals surface area contributed by atoms with Crippen LogP contribution in [0.2, 0.25) is 0 Å². The van der Waals surface area contributed by atoms with E-state index in [2.05, 4.69) is 23.2 Å². The van der Waals surface area contributed by atoms with E-state index in [-0.39, 0.29) is 5.91 Å². The summed E-state index contributed by atoms with van der Waals surface area (Å²) in [5, 5.41) is 10.2. The zero-order chi connectivity index (χ0) is 21.1. The van der Waals surface area contributed by atoms with Crippen LogP contribution in [0.15, 0.2) is 59.6 Å². The van der Waals surface area contributed by atoms with Crippen molar-refractivity contribution >= 4 is 29.0 Å². The van der Waals surface area contributed by atoms with E-state index in [0.29, 0.717) is 22.8 Å². The van der Waals surface area contributed by atoms with Gasteiger partial charge in [-0.15, -0.1) is 11.8 Å². The molecule has 2 aromatic carbocycles. The SMILES string of the molecule is Cc1cc(C)c(C#N)c(SCCC(=O)N2c3ccccc3CCc3ccccc32)n1. The molecule has 0 saturated carbocycles. The molecule has 4 rings (SSSR count). The Morgan fingerprint density at radius 1 is 1.07 bits per heavy atom. The summed E-state index contributed by atoms with van der Waals surface area (Å²) in [4.78, 5) is 19.8. The van der Waals surface area contributed by atoms with E-state index in [0.717, 1.165) is 35.5 Å². The number of carbonyl (C=O) groups excluding carboxylic acids is 1. The molecule has 0 bridgehead atoms. The predicted molar refractivity (Wildman–Crippen MR) is 121 cm³/mol. The van der Waals surface area contributed by atoms with E-state index in [9.17, 15) is 10.1 Å². The number of hydrogen-bond acceptors (Lipinski definition) is 4. The second-order valence-electron chi connectivity index (χ2n) is 7.46. The fourth-order valence-electron chi connectivity index (χ4n) is 3.94. The fourth-order valence-corrected chi connectivity index (χ4v) is 4.97. The quantitative estimate of drug-likeness (QED) is 0.529. The minimum Gasteiger partial charge on any atom is -0.280 e. The van der Waals surface area contributed by atoms with Gasteiger partial charge in [-0.25, -0.2) is 4.98 Å². The molecule has 150 valence electrons. The zero-order valence-electron chi connectivity index (χ0n) is 17.2. The molecule has 0 atom stereocenters. The maximum absolute atomic E-state index is 13.4. The smallest absolute Gasteiger partial charge is 0.232 e. The van der Waals surface area contributed by atoms with Gasteiger partial charge in [0, 0.05) is 17.9 Å². The number of para-hydroxylation sites is 2. The largest absolute Gasteiger partial charge is 0.280 e. The highest BCUT2D eigenvalue weighted by atomic mass is 32.2. The van der Waals surface area contributed by atoms with Gasteiger partial charge in [0.15, 0.2) is 0 Å². The van der Waals surface area contributed by atoms with E-state index < -0.39 is 0 Å². The third-order valence-electron chi connectivity index (χ3n) is 5.36. The van der Waals surface area contributed by atoms with Gasteiger partial charge in [0.1, 0.15) is 11.1 Å². The summed E-state index contributed by atoms with van der Waals surface area (Å²) in [5.74, 6) is 0.636. The molecule has 1 amide bonds. The molecule has 1 aromatic heterocycles. The number of pyridine rings is 1. The zero-order valence-corrected chi connectivity index (χ0v) is 18.0. The van der Waals surface area contributed by atoms with Gasteiger partial charge in [0.25, 0.3) is 0 Å². The first-order valence-electron chi connectivity index (χ1n) is 10.1. The Bertz CT molecular complexity index is 1100. The average molecular weight is 414 g/mol. The lowest BCUT2D eigenvalue weighted by Crippen LogP contribution is -2.27. The predicted octanol–water partition coefficient (Wildman–Crippen LogP) is 5.52. The minimum atomic E-state index is 0.0622. The van der Waals surface area contributed by atoms with Gasteiger partial charge >= 0.3 is 0 Å². The lowest BCUT2D eigenvalue weighted by atomic mass is 10.0. The fraction of sp³-hybridized carbons (Fsp3) is 0.240. The molecule has 0 N–H and O–H groups in total. The summed E-state index contributed by atoms with van der Waals surface area (Å²) >= 11 is 1.48. The number of aromatic nitrogens is 1. The molecule has 5 heteroatoms. The van der Waals surface area contributed by atoms with E-state index in [1.807, 2.05) is 61.2 Å². The number of thioether (sulfide) groups is 1. The van der Waals surface area contributed by atoms with Crippen molar-refractivity contribution in [3.63, 3.8) is 0 Å². The van der Waals surface area contributed by atoms with Crippen LogP contribution in [0.1, 0.15) is 34.4 Å². The van der Waals surface area contributed by atoms with Crippen LogP contribution >= 0.6 is 11.8 Å². The van der Waals surface area contributed by atoms with Gasteiger partial charge in [0.2, 0.25) is 5.91 Å². The first kappa shape index (κ1) is 20.2. The van der Waals surface area contributed by atoms with Crippen LogP contribution in [0.5, 0.6) is 0 Å². The van der Waals surface area contributed by atoms with Crippen molar-refractivity contribution in [1.82, 2.24) is 4.98 Å². The second kappa shape index (κ2) is 8.73. The first-order valence-corrected chi connectivity index (χ1v) is 11.1. The van der Waals surface area contributed by atoms with Gasteiger partial charge in [0.05, 0.1) is 16.9 Å². The number of hydrogen-bond donors (Lipinski definition) is 0. The third-order valence-corrected chi connectivity index (χ3v) is 6.33. The van der Waals surface area contributed by atoms with Crippen LogP contribution in [0.3, 0.4) is 0 Å². The van der Waals surface area contributed by atoms with Gasteiger partial charge in [-0.3, -0.25) is 9.69 Å². The number of rotatable bonds is 4. The first-order chi connectivity index (χ1) is 14.6. The van der Waals surface area contributed by atoms with Gasteiger partial charge in [-0.05, 0) is 61.6 Å². The number of carbonyl (C=O) groups is 1. The Hall–Kier alpha value is -3.10. The number of aryl methyl sites for hydroxylation is 4. The monoisotopic (exact) mass is 413 g/mol. The van der Waals surface area contributed by atoms with Crippen LogP contribution in [-0.2, 0) is 17.6 Å². The van der Waals surface area contributed by atoms with Crippen molar-refractivity contribution in [2.45, 2.75) is 38.1 Å². The maximum atomic E-state index is 13.4. The maximum Gasteiger partial charge on any atom is 0.232 e. The normalized spacial score (nSPS) is 12.5. The van der Waals surface area contributed by atoms with Gasteiger partial charge in [-0.1, -0.05) is 36.4 Å². The van der Waals surface area contributed by atoms with E-state index >= 15 is 0 Å².